The van der Waals surface area contributed by atoms with Gasteiger partial charge in [-0.05, 0) is 36.1 Å². The van der Waals surface area contributed by atoms with E-state index in [9.17, 15) is 0 Å². The van der Waals surface area contributed by atoms with E-state index in [4.69, 9.17) is 27.9 Å². The zero-order valence-corrected chi connectivity index (χ0v) is 14.8. The number of pyridine rings is 1. The molecule has 2 heterocycles. The molecule has 5 heteroatoms. The molecule has 0 aliphatic rings. The summed E-state index contributed by atoms with van der Waals surface area (Å²) in [5, 5.41) is 1.97. The quantitative estimate of drug-likeness (QED) is 0.603. The third-order valence-electron chi connectivity index (χ3n) is 4.31. The molecule has 0 bridgehead atoms. The minimum absolute atomic E-state index is 0.327. The molecule has 3 aromatic rings. The summed E-state index contributed by atoms with van der Waals surface area (Å²) in [6, 6.07) is 10.1. The van der Waals surface area contributed by atoms with Gasteiger partial charge in [0, 0.05) is 18.9 Å². The van der Waals surface area contributed by atoms with Crippen molar-refractivity contribution < 1.29 is 4.74 Å². The van der Waals surface area contributed by atoms with E-state index in [0.29, 0.717) is 16.1 Å². The zero-order chi connectivity index (χ0) is 16.6. The number of aryl methyl sites for hydroxylation is 1. The number of fused-ring (bicyclic) bond motifs is 1. The van der Waals surface area contributed by atoms with E-state index in [1.165, 1.54) is 5.56 Å². The van der Waals surface area contributed by atoms with E-state index in [-0.39, 0.29) is 0 Å². The van der Waals surface area contributed by atoms with Crippen molar-refractivity contribution >= 4 is 34.1 Å². The predicted octanol–water partition coefficient (Wildman–Crippen LogP) is 5.23. The molecule has 0 aliphatic carbocycles. The van der Waals surface area contributed by atoms with Crippen LogP contribution in [0.4, 0.5) is 0 Å². The Balaban J connectivity index is 1.96. The van der Waals surface area contributed by atoms with Crippen LogP contribution in [0.25, 0.3) is 10.9 Å². The maximum absolute atomic E-state index is 6.58. The first kappa shape index (κ1) is 16.2. The van der Waals surface area contributed by atoms with Gasteiger partial charge in [-0.15, -0.1) is 0 Å². The molecule has 0 aliphatic heterocycles. The molecule has 0 amide bonds. The standard InChI is InChI=1S/C18H18Cl2N2O/c1-11(12-4-6-13(23-3)7-5-12)10-15-17(19)16-14(22(15)2)8-9-21-18(16)20/h4-9,11H,10H2,1-3H3. The Hall–Kier alpha value is -1.71. The molecule has 1 aromatic carbocycles. The van der Waals surface area contributed by atoms with Crippen molar-refractivity contribution in [1.29, 1.82) is 0 Å². The van der Waals surface area contributed by atoms with Crippen LogP contribution in [0.3, 0.4) is 0 Å². The van der Waals surface area contributed by atoms with Gasteiger partial charge in [-0.3, -0.25) is 0 Å². The van der Waals surface area contributed by atoms with Crippen molar-refractivity contribution in [2.24, 2.45) is 7.05 Å². The Morgan fingerprint density at radius 2 is 1.87 bits per heavy atom. The van der Waals surface area contributed by atoms with Crippen molar-refractivity contribution in [2.45, 2.75) is 19.3 Å². The highest BCUT2D eigenvalue weighted by atomic mass is 35.5. The summed E-state index contributed by atoms with van der Waals surface area (Å²) in [5.74, 6) is 1.19. The highest BCUT2D eigenvalue weighted by molar-refractivity contribution is 6.42. The molecule has 3 rings (SSSR count). The predicted molar refractivity (Wildman–Crippen MR) is 95.8 cm³/mol. The van der Waals surface area contributed by atoms with Crippen LogP contribution in [-0.2, 0) is 13.5 Å². The highest BCUT2D eigenvalue weighted by Crippen LogP contribution is 2.36. The number of ether oxygens (including phenoxy) is 1. The van der Waals surface area contributed by atoms with Gasteiger partial charge in [0.05, 0.1) is 23.0 Å². The van der Waals surface area contributed by atoms with Crippen molar-refractivity contribution in [3.05, 3.63) is 58.0 Å². The Kier molecular flexibility index (Phi) is 4.51. The highest BCUT2D eigenvalue weighted by Gasteiger charge is 2.19. The Bertz CT molecular complexity index is 840. The van der Waals surface area contributed by atoms with Gasteiger partial charge in [-0.1, -0.05) is 42.3 Å². The monoisotopic (exact) mass is 348 g/mol. The van der Waals surface area contributed by atoms with Crippen LogP contribution in [0.5, 0.6) is 5.75 Å². The molecule has 0 N–H and O–H groups in total. The largest absolute Gasteiger partial charge is 0.497 e. The van der Waals surface area contributed by atoms with Crippen molar-refractivity contribution in [3.63, 3.8) is 0 Å². The normalized spacial score (nSPS) is 12.6. The van der Waals surface area contributed by atoms with Crippen LogP contribution in [0.15, 0.2) is 36.5 Å². The van der Waals surface area contributed by atoms with E-state index in [2.05, 4.69) is 28.6 Å². The van der Waals surface area contributed by atoms with Gasteiger partial charge in [-0.2, -0.15) is 0 Å². The molecule has 23 heavy (non-hydrogen) atoms. The molecule has 0 saturated carbocycles. The first-order chi connectivity index (χ1) is 11.0. The summed E-state index contributed by atoms with van der Waals surface area (Å²) >= 11 is 12.8. The molecule has 1 atom stereocenters. The number of methoxy groups -OCH3 is 1. The SMILES string of the molecule is COc1ccc(C(C)Cc2c(Cl)c3c(Cl)nccc3n2C)cc1. The molecule has 2 aromatic heterocycles. The number of hydrogen-bond donors (Lipinski definition) is 0. The molecule has 0 saturated heterocycles. The number of hydrogen-bond acceptors (Lipinski definition) is 2. The first-order valence-electron chi connectivity index (χ1n) is 7.44. The number of rotatable bonds is 4. The van der Waals surface area contributed by atoms with Crippen LogP contribution >= 0.6 is 23.2 Å². The maximum atomic E-state index is 6.58. The maximum Gasteiger partial charge on any atom is 0.139 e. The summed E-state index contributed by atoms with van der Waals surface area (Å²) < 4.78 is 7.31. The Morgan fingerprint density at radius 3 is 2.48 bits per heavy atom. The average Bonchev–Trinajstić information content (AvgIpc) is 2.81. The van der Waals surface area contributed by atoms with Crippen LogP contribution in [0, 0.1) is 0 Å². The van der Waals surface area contributed by atoms with Gasteiger partial charge in [-0.25, -0.2) is 4.98 Å². The van der Waals surface area contributed by atoms with E-state index in [0.717, 1.165) is 28.8 Å². The summed E-state index contributed by atoms with van der Waals surface area (Å²) in [5.41, 5.74) is 3.32. The van der Waals surface area contributed by atoms with Gasteiger partial charge >= 0.3 is 0 Å². The summed E-state index contributed by atoms with van der Waals surface area (Å²) in [6.45, 7) is 2.19. The van der Waals surface area contributed by atoms with E-state index in [1.807, 2.05) is 25.2 Å². The average molecular weight is 349 g/mol. The van der Waals surface area contributed by atoms with E-state index >= 15 is 0 Å². The third kappa shape index (κ3) is 2.91. The zero-order valence-electron chi connectivity index (χ0n) is 13.3. The van der Waals surface area contributed by atoms with Gasteiger partial charge < -0.3 is 9.30 Å². The van der Waals surface area contributed by atoms with Gasteiger partial charge in [0.15, 0.2) is 0 Å². The van der Waals surface area contributed by atoms with Crippen molar-refractivity contribution in [3.8, 4) is 5.75 Å². The van der Waals surface area contributed by atoms with E-state index in [1.54, 1.807) is 13.3 Å². The fourth-order valence-electron chi connectivity index (χ4n) is 2.91. The Labute approximate surface area is 145 Å². The molecule has 3 nitrogen and oxygen atoms in total. The van der Waals surface area contributed by atoms with Gasteiger partial charge in [0.25, 0.3) is 0 Å². The molecule has 0 radical (unpaired) electrons. The number of aromatic nitrogens is 2. The van der Waals surface area contributed by atoms with Crippen molar-refractivity contribution in [1.82, 2.24) is 9.55 Å². The lowest BCUT2D eigenvalue weighted by molar-refractivity contribution is 0.414. The topological polar surface area (TPSA) is 27.1 Å². The van der Waals surface area contributed by atoms with E-state index < -0.39 is 0 Å². The molecule has 0 fully saturated rings. The lowest BCUT2D eigenvalue weighted by Crippen LogP contribution is -2.04. The van der Waals surface area contributed by atoms with Gasteiger partial charge in [0.2, 0.25) is 0 Å². The first-order valence-corrected chi connectivity index (χ1v) is 8.19. The molecule has 0 spiro atoms. The third-order valence-corrected chi connectivity index (χ3v) is 5.00. The van der Waals surface area contributed by atoms with Gasteiger partial charge in [0.1, 0.15) is 10.9 Å². The lowest BCUT2D eigenvalue weighted by Gasteiger charge is -2.14. The second-order valence-electron chi connectivity index (χ2n) is 5.69. The smallest absolute Gasteiger partial charge is 0.139 e. The summed E-state index contributed by atoms with van der Waals surface area (Å²) in [4.78, 5) is 4.13. The molecular weight excluding hydrogens is 331 g/mol. The number of nitrogens with zero attached hydrogens (tertiary/aromatic N) is 2. The molecule has 120 valence electrons. The fourth-order valence-corrected chi connectivity index (χ4v) is 3.60. The number of halogens is 2. The fraction of sp³-hybridized carbons (Fsp3) is 0.278. The van der Waals surface area contributed by atoms with Crippen molar-refractivity contribution in [2.75, 3.05) is 7.11 Å². The van der Waals surface area contributed by atoms with Crippen LogP contribution in [-0.4, -0.2) is 16.7 Å². The minimum Gasteiger partial charge on any atom is -0.497 e. The van der Waals surface area contributed by atoms with Crippen LogP contribution < -0.4 is 4.74 Å². The summed E-state index contributed by atoms with van der Waals surface area (Å²) in [7, 11) is 3.69. The Morgan fingerprint density at radius 1 is 1.17 bits per heavy atom. The van der Waals surface area contributed by atoms with Crippen LogP contribution in [0.1, 0.15) is 24.1 Å². The lowest BCUT2D eigenvalue weighted by atomic mass is 9.96. The summed E-state index contributed by atoms with van der Waals surface area (Å²) in [6.07, 6.45) is 2.53. The molecular formula is C18H18Cl2N2O. The second kappa shape index (κ2) is 6.42. The number of benzene rings is 1. The minimum atomic E-state index is 0.327. The molecule has 1 unspecified atom stereocenters. The second-order valence-corrected chi connectivity index (χ2v) is 6.43. The van der Waals surface area contributed by atoms with Crippen LogP contribution in [0.2, 0.25) is 10.2 Å².